The Morgan fingerprint density at radius 2 is 1.67 bits per heavy atom. The molecule has 138 valence electrons. The molecule has 0 radical (unpaired) electrons. The highest BCUT2D eigenvalue weighted by Crippen LogP contribution is 2.13. The van der Waals surface area contributed by atoms with Crippen molar-refractivity contribution in [2.45, 2.75) is 39.4 Å². The lowest BCUT2D eigenvalue weighted by molar-refractivity contribution is -0.121. The van der Waals surface area contributed by atoms with Crippen molar-refractivity contribution in [1.29, 1.82) is 5.26 Å². The van der Waals surface area contributed by atoms with Gasteiger partial charge in [0.15, 0.2) is 0 Å². The maximum atomic E-state index is 12.7. The number of para-hydroxylation sites is 2. The fourth-order valence-electron chi connectivity index (χ4n) is 3.13. The molecule has 2 aromatic carbocycles. The number of aryl methyl sites for hydroxylation is 2. The number of fused-ring (bicyclic) bond motifs is 1. The third kappa shape index (κ3) is 4.09. The molecule has 0 aliphatic rings. The Balaban J connectivity index is 1.66. The van der Waals surface area contributed by atoms with Crippen molar-refractivity contribution in [1.82, 2.24) is 14.5 Å². The molecule has 0 saturated heterocycles. The molecule has 3 rings (SSSR count). The minimum atomic E-state index is -0.112. The highest BCUT2D eigenvalue weighted by atomic mass is 16.2. The van der Waals surface area contributed by atoms with Gasteiger partial charge in [-0.25, -0.2) is 4.79 Å². The summed E-state index contributed by atoms with van der Waals surface area (Å²) in [5, 5.41) is 11.7. The zero-order chi connectivity index (χ0) is 19.2. The average molecular weight is 362 g/mol. The van der Waals surface area contributed by atoms with Gasteiger partial charge in [0.1, 0.15) is 0 Å². The summed E-state index contributed by atoms with van der Waals surface area (Å²) in [5.41, 5.74) is 3.21. The van der Waals surface area contributed by atoms with E-state index in [-0.39, 0.29) is 18.0 Å². The molecule has 3 aromatic rings. The van der Waals surface area contributed by atoms with Crippen LogP contribution in [0.2, 0.25) is 0 Å². The molecule has 1 N–H and O–H groups in total. The molecular formula is C21H22N4O2. The van der Waals surface area contributed by atoms with Crippen LogP contribution in [0, 0.1) is 11.3 Å². The van der Waals surface area contributed by atoms with Crippen LogP contribution < -0.4 is 11.0 Å². The topological polar surface area (TPSA) is 79.8 Å². The van der Waals surface area contributed by atoms with Gasteiger partial charge in [-0.1, -0.05) is 31.2 Å². The number of hydrogen-bond donors (Lipinski definition) is 1. The molecule has 0 aliphatic carbocycles. The van der Waals surface area contributed by atoms with Crippen LogP contribution in [0.25, 0.3) is 11.0 Å². The maximum Gasteiger partial charge on any atom is 0.329 e. The normalized spacial score (nSPS) is 10.7. The second-order valence-electron chi connectivity index (χ2n) is 6.41. The van der Waals surface area contributed by atoms with Crippen LogP contribution >= 0.6 is 0 Å². The number of imidazole rings is 1. The van der Waals surface area contributed by atoms with E-state index in [0.717, 1.165) is 23.0 Å². The Bertz CT molecular complexity index is 1040. The van der Waals surface area contributed by atoms with E-state index < -0.39 is 0 Å². The van der Waals surface area contributed by atoms with Crippen LogP contribution in [0.1, 0.15) is 30.9 Å². The highest BCUT2D eigenvalue weighted by molar-refractivity contribution is 5.78. The first-order valence-electron chi connectivity index (χ1n) is 9.08. The molecule has 0 atom stereocenters. The van der Waals surface area contributed by atoms with Crippen molar-refractivity contribution < 1.29 is 4.79 Å². The molecule has 0 bridgehead atoms. The van der Waals surface area contributed by atoms with Crippen molar-refractivity contribution in [2.75, 3.05) is 0 Å². The minimum absolute atomic E-state index is 0.0713. The van der Waals surface area contributed by atoms with E-state index >= 15 is 0 Å². The number of aromatic nitrogens is 2. The van der Waals surface area contributed by atoms with Crippen LogP contribution in [0.4, 0.5) is 0 Å². The molecule has 6 nitrogen and oxygen atoms in total. The highest BCUT2D eigenvalue weighted by Gasteiger charge is 2.13. The van der Waals surface area contributed by atoms with Gasteiger partial charge in [-0.3, -0.25) is 13.9 Å². The molecule has 0 fully saturated rings. The summed E-state index contributed by atoms with van der Waals surface area (Å²) < 4.78 is 3.44. The Hall–Kier alpha value is -3.33. The number of hydrogen-bond acceptors (Lipinski definition) is 3. The number of carbonyl (C=O) groups is 1. The molecule has 1 aromatic heterocycles. The lowest BCUT2D eigenvalue weighted by atomic mass is 10.1. The van der Waals surface area contributed by atoms with E-state index in [2.05, 4.69) is 11.4 Å². The molecule has 0 spiro atoms. The van der Waals surface area contributed by atoms with Gasteiger partial charge in [-0.2, -0.15) is 5.26 Å². The van der Waals surface area contributed by atoms with E-state index in [4.69, 9.17) is 5.26 Å². The van der Waals surface area contributed by atoms with Crippen molar-refractivity contribution in [3.63, 3.8) is 0 Å². The van der Waals surface area contributed by atoms with Gasteiger partial charge in [0.05, 0.1) is 22.7 Å². The average Bonchev–Trinajstić information content (AvgIpc) is 2.97. The summed E-state index contributed by atoms with van der Waals surface area (Å²) in [7, 11) is 0. The number of rotatable bonds is 7. The summed E-state index contributed by atoms with van der Waals surface area (Å²) >= 11 is 0. The summed E-state index contributed by atoms with van der Waals surface area (Å²) in [6.45, 7) is 3.44. The minimum Gasteiger partial charge on any atom is -0.352 e. The van der Waals surface area contributed by atoms with Gasteiger partial charge in [0.2, 0.25) is 5.91 Å². The monoisotopic (exact) mass is 362 g/mol. The third-order valence-corrected chi connectivity index (χ3v) is 4.51. The second-order valence-corrected chi connectivity index (χ2v) is 6.41. The smallest absolute Gasteiger partial charge is 0.329 e. The van der Waals surface area contributed by atoms with Crippen LogP contribution in [0.15, 0.2) is 53.3 Å². The molecule has 0 saturated carbocycles. The molecule has 0 unspecified atom stereocenters. The molecular weight excluding hydrogens is 340 g/mol. The molecule has 1 amide bonds. The first-order chi connectivity index (χ1) is 13.1. The van der Waals surface area contributed by atoms with Gasteiger partial charge < -0.3 is 5.32 Å². The lowest BCUT2D eigenvalue weighted by Gasteiger charge is -2.06. The number of carbonyl (C=O) groups excluding carboxylic acids is 1. The number of nitrogens with one attached hydrogen (secondary N) is 1. The summed E-state index contributed by atoms with van der Waals surface area (Å²) in [6, 6.07) is 16.8. The second kappa shape index (κ2) is 8.37. The van der Waals surface area contributed by atoms with Crippen LogP contribution in [0.3, 0.4) is 0 Å². The van der Waals surface area contributed by atoms with E-state index in [9.17, 15) is 9.59 Å². The standard InChI is InChI=1S/C21H22N4O2/c1-2-12-24-18-5-3-4-6-19(18)25(21(24)27)13-11-20(26)23-15-17-9-7-16(14-22)8-10-17/h3-10H,2,11-13,15H2,1H3,(H,23,26). The largest absolute Gasteiger partial charge is 0.352 e. The summed E-state index contributed by atoms with van der Waals surface area (Å²) in [6.07, 6.45) is 1.11. The quantitative estimate of drug-likeness (QED) is 0.702. The van der Waals surface area contributed by atoms with E-state index in [1.807, 2.05) is 43.3 Å². The fraction of sp³-hybridized carbons (Fsp3) is 0.286. The molecule has 27 heavy (non-hydrogen) atoms. The number of nitriles is 1. The Morgan fingerprint density at radius 1 is 1.04 bits per heavy atom. The van der Waals surface area contributed by atoms with Crippen molar-refractivity contribution in [2.24, 2.45) is 0 Å². The third-order valence-electron chi connectivity index (χ3n) is 4.51. The van der Waals surface area contributed by atoms with Gasteiger partial charge in [0.25, 0.3) is 0 Å². The van der Waals surface area contributed by atoms with Crippen LogP contribution in [-0.2, 0) is 24.4 Å². The van der Waals surface area contributed by atoms with Gasteiger partial charge >= 0.3 is 5.69 Å². The summed E-state index contributed by atoms with van der Waals surface area (Å²) in [5.74, 6) is -0.112. The lowest BCUT2D eigenvalue weighted by Crippen LogP contribution is -2.28. The van der Waals surface area contributed by atoms with Gasteiger partial charge in [0, 0.05) is 26.1 Å². The Kier molecular flexibility index (Phi) is 5.72. The van der Waals surface area contributed by atoms with Crippen molar-refractivity contribution in [3.05, 3.63) is 70.1 Å². The van der Waals surface area contributed by atoms with Gasteiger partial charge in [-0.15, -0.1) is 0 Å². The van der Waals surface area contributed by atoms with E-state index in [0.29, 0.717) is 25.2 Å². The van der Waals surface area contributed by atoms with Crippen molar-refractivity contribution in [3.8, 4) is 6.07 Å². The first kappa shape index (κ1) is 18.5. The van der Waals surface area contributed by atoms with Gasteiger partial charge in [-0.05, 0) is 36.2 Å². The van der Waals surface area contributed by atoms with E-state index in [1.165, 1.54) is 0 Å². The molecule has 1 heterocycles. The summed E-state index contributed by atoms with van der Waals surface area (Å²) in [4.78, 5) is 24.9. The SMILES string of the molecule is CCCn1c(=O)n(CCC(=O)NCc2ccc(C#N)cc2)c2ccccc21. The first-order valence-corrected chi connectivity index (χ1v) is 9.08. The Morgan fingerprint density at radius 3 is 2.26 bits per heavy atom. The maximum absolute atomic E-state index is 12.7. The number of amides is 1. The number of benzene rings is 2. The Labute approximate surface area is 157 Å². The van der Waals surface area contributed by atoms with Crippen LogP contribution in [-0.4, -0.2) is 15.0 Å². The zero-order valence-electron chi connectivity index (χ0n) is 15.3. The fourth-order valence-corrected chi connectivity index (χ4v) is 3.13. The van der Waals surface area contributed by atoms with Crippen LogP contribution in [0.5, 0.6) is 0 Å². The molecule has 0 aliphatic heterocycles. The predicted octanol–water partition coefficient (Wildman–Crippen LogP) is 2.79. The van der Waals surface area contributed by atoms with E-state index in [1.54, 1.807) is 21.3 Å². The predicted molar refractivity (Wildman–Crippen MR) is 104 cm³/mol. The molecule has 6 heteroatoms. The van der Waals surface area contributed by atoms with Crippen molar-refractivity contribution >= 4 is 16.9 Å². The number of nitrogens with zero attached hydrogens (tertiary/aromatic N) is 3. The zero-order valence-corrected chi connectivity index (χ0v) is 15.3.